The molecule has 25 heavy (non-hydrogen) atoms. The zero-order valence-corrected chi connectivity index (χ0v) is 14.1. The number of hydrogen-bond donors (Lipinski definition) is 0. The Morgan fingerprint density at radius 2 is 1.76 bits per heavy atom. The number of amides is 2. The van der Waals surface area contributed by atoms with Crippen molar-refractivity contribution in [1.29, 1.82) is 0 Å². The van der Waals surface area contributed by atoms with Crippen molar-refractivity contribution in [2.75, 3.05) is 9.91 Å². The molecule has 1 fully saturated rings. The van der Waals surface area contributed by atoms with Crippen LogP contribution < -0.4 is 9.91 Å². The van der Waals surface area contributed by atoms with Gasteiger partial charge < -0.3 is 0 Å². The average Bonchev–Trinajstić information content (AvgIpc) is 3.16. The minimum Gasteiger partial charge on any atom is -0.271 e. The number of aryl methyl sites for hydroxylation is 2. The Morgan fingerprint density at radius 1 is 1.00 bits per heavy atom. The van der Waals surface area contributed by atoms with Crippen molar-refractivity contribution in [1.82, 2.24) is 0 Å². The Hall–Kier alpha value is -3.02. The fourth-order valence-electron chi connectivity index (χ4n) is 3.28. The fourth-order valence-corrected chi connectivity index (χ4v) is 3.28. The first-order valence-corrected chi connectivity index (χ1v) is 8.33. The second kappa shape index (κ2) is 5.81. The van der Waals surface area contributed by atoms with Gasteiger partial charge in [-0.3, -0.25) is 9.59 Å². The molecule has 4 rings (SSSR count). The van der Waals surface area contributed by atoms with Crippen molar-refractivity contribution >= 4 is 23.2 Å². The van der Waals surface area contributed by atoms with Crippen LogP contribution in [0.2, 0.25) is 0 Å². The highest BCUT2D eigenvalue weighted by Gasteiger charge is 2.55. The second-order valence-electron chi connectivity index (χ2n) is 6.31. The van der Waals surface area contributed by atoms with Gasteiger partial charge in [-0.05, 0) is 48.7 Å². The van der Waals surface area contributed by atoms with Gasteiger partial charge in [0.15, 0.2) is 12.1 Å². The molecule has 6 heteroatoms. The summed E-state index contributed by atoms with van der Waals surface area (Å²) in [5.74, 6) is -0.607. The highest BCUT2D eigenvalue weighted by atomic mass is 16.2. The van der Waals surface area contributed by atoms with E-state index in [1.165, 1.54) is 4.90 Å². The third kappa shape index (κ3) is 2.41. The second-order valence-corrected chi connectivity index (χ2v) is 6.31. The van der Waals surface area contributed by atoms with Gasteiger partial charge in [0.2, 0.25) is 0 Å². The van der Waals surface area contributed by atoms with Gasteiger partial charge in [-0.2, -0.15) is 5.11 Å². The molecule has 2 amide bonds. The first-order chi connectivity index (χ1) is 12.1. The van der Waals surface area contributed by atoms with Crippen molar-refractivity contribution in [3.8, 4) is 0 Å². The molecule has 0 aliphatic carbocycles. The molecular formula is C19H18N4O2. The summed E-state index contributed by atoms with van der Waals surface area (Å²) in [7, 11) is 0. The lowest BCUT2D eigenvalue weighted by Gasteiger charge is -2.21. The maximum atomic E-state index is 13.0. The summed E-state index contributed by atoms with van der Waals surface area (Å²) in [4.78, 5) is 26.9. The van der Waals surface area contributed by atoms with Crippen LogP contribution in [0.3, 0.4) is 0 Å². The number of carbonyl (C=O) groups excluding carboxylic acids is 2. The van der Waals surface area contributed by atoms with Crippen LogP contribution in [0.15, 0.2) is 58.9 Å². The van der Waals surface area contributed by atoms with Gasteiger partial charge in [-0.15, -0.1) is 0 Å². The lowest BCUT2D eigenvalue weighted by molar-refractivity contribution is -0.121. The van der Waals surface area contributed by atoms with Crippen LogP contribution in [0.5, 0.6) is 0 Å². The molecular weight excluding hydrogens is 316 g/mol. The first-order valence-electron chi connectivity index (χ1n) is 8.33. The van der Waals surface area contributed by atoms with Gasteiger partial charge in [0, 0.05) is 0 Å². The van der Waals surface area contributed by atoms with Gasteiger partial charge in [0.25, 0.3) is 11.8 Å². The van der Waals surface area contributed by atoms with Crippen LogP contribution in [0.4, 0.5) is 11.4 Å². The standard InChI is InChI=1S/C19H18N4O2/c1-3-13-7-9-14(10-8-13)22-18(24)16-17(19(22)25)23(21-20-16)15-6-4-5-12(2)11-15/h4-11,16-17H,3H2,1-2H3/t16-,17+/m0/s1. The van der Waals surface area contributed by atoms with Crippen molar-refractivity contribution < 1.29 is 9.59 Å². The van der Waals surface area contributed by atoms with E-state index in [1.807, 2.05) is 55.5 Å². The van der Waals surface area contributed by atoms with Crippen LogP contribution in [-0.2, 0) is 16.0 Å². The largest absolute Gasteiger partial charge is 0.271 e. The molecule has 0 bridgehead atoms. The highest BCUT2D eigenvalue weighted by Crippen LogP contribution is 2.35. The Labute approximate surface area is 145 Å². The quantitative estimate of drug-likeness (QED) is 0.810. The maximum absolute atomic E-state index is 13.0. The number of carbonyl (C=O) groups is 2. The van der Waals surface area contributed by atoms with E-state index in [-0.39, 0.29) is 11.8 Å². The van der Waals surface area contributed by atoms with E-state index in [9.17, 15) is 9.59 Å². The molecule has 0 N–H and O–H groups in total. The molecule has 0 unspecified atom stereocenters. The van der Waals surface area contributed by atoms with Gasteiger partial charge >= 0.3 is 0 Å². The Morgan fingerprint density at radius 3 is 2.44 bits per heavy atom. The molecule has 2 aromatic rings. The van der Waals surface area contributed by atoms with E-state index < -0.39 is 12.1 Å². The minimum absolute atomic E-state index is 0.286. The third-order valence-corrected chi connectivity index (χ3v) is 4.65. The summed E-state index contributed by atoms with van der Waals surface area (Å²) < 4.78 is 0. The van der Waals surface area contributed by atoms with Crippen LogP contribution in [0.25, 0.3) is 0 Å². The summed E-state index contributed by atoms with van der Waals surface area (Å²) in [5, 5.41) is 9.70. The van der Waals surface area contributed by atoms with Crippen molar-refractivity contribution in [2.24, 2.45) is 10.3 Å². The van der Waals surface area contributed by atoms with Gasteiger partial charge in [-0.1, -0.05) is 36.4 Å². The molecule has 126 valence electrons. The molecule has 6 nitrogen and oxygen atoms in total. The predicted molar refractivity (Wildman–Crippen MR) is 94.4 cm³/mol. The van der Waals surface area contributed by atoms with Crippen LogP contribution >= 0.6 is 0 Å². The molecule has 1 saturated heterocycles. The number of imide groups is 1. The molecule has 0 aromatic heterocycles. The van der Waals surface area contributed by atoms with Gasteiger partial charge in [-0.25, -0.2) is 9.91 Å². The molecule has 2 aromatic carbocycles. The molecule has 2 heterocycles. The number of hydrogen-bond acceptors (Lipinski definition) is 5. The van der Waals surface area contributed by atoms with E-state index in [0.29, 0.717) is 5.69 Å². The first kappa shape index (κ1) is 15.5. The lowest BCUT2D eigenvalue weighted by Crippen LogP contribution is -2.39. The topological polar surface area (TPSA) is 65.3 Å². The molecule has 2 aliphatic heterocycles. The lowest BCUT2D eigenvalue weighted by atomic mass is 10.1. The number of fused-ring (bicyclic) bond motifs is 1. The number of rotatable bonds is 3. The molecule has 2 aliphatic rings. The predicted octanol–water partition coefficient (Wildman–Crippen LogP) is 3.06. The summed E-state index contributed by atoms with van der Waals surface area (Å²) in [5.41, 5.74) is 3.56. The average molecular weight is 334 g/mol. The number of anilines is 2. The van der Waals surface area contributed by atoms with E-state index in [2.05, 4.69) is 17.3 Å². The SMILES string of the molecule is CCc1ccc(N2C(=O)[C@H]3N=NN(c4cccc(C)c4)[C@H]3C2=O)cc1. The number of benzene rings is 2. The van der Waals surface area contributed by atoms with Gasteiger partial charge in [0.1, 0.15) is 0 Å². The highest BCUT2D eigenvalue weighted by molar-refractivity contribution is 6.26. The van der Waals surface area contributed by atoms with Crippen LogP contribution in [0, 0.1) is 6.92 Å². The van der Waals surface area contributed by atoms with Crippen molar-refractivity contribution in [3.05, 3.63) is 59.7 Å². The van der Waals surface area contributed by atoms with Crippen LogP contribution in [0.1, 0.15) is 18.1 Å². The van der Waals surface area contributed by atoms with Crippen LogP contribution in [-0.4, -0.2) is 23.9 Å². The van der Waals surface area contributed by atoms with E-state index in [1.54, 1.807) is 5.01 Å². The van der Waals surface area contributed by atoms with Crippen molar-refractivity contribution in [2.45, 2.75) is 32.4 Å². The van der Waals surface area contributed by atoms with E-state index in [0.717, 1.165) is 23.2 Å². The third-order valence-electron chi connectivity index (χ3n) is 4.65. The monoisotopic (exact) mass is 334 g/mol. The Bertz CT molecular complexity index is 875. The number of nitrogens with zero attached hydrogens (tertiary/aromatic N) is 4. The zero-order chi connectivity index (χ0) is 17.6. The summed E-state index contributed by atoms with van der Waals surface area (Å²) >= 11 is 0. The van der Waals surface area contributed by atoms with Crippen molar-refractivity contribution in [3.63, 3.8) is 0 Å². The zero-order valence-electron chi connectivity index (χ0n) is 14.1. The van der Waals surface area contributed by atoms with Gasteiger partial charge in [0.05, 0.1) is 11.4 Å². The molecule has 0 radical (unpaired) electrons. The van der Waals surface area contributed by atoms with E-state index in [4.69, 9.17) is 0 Å². The van der Waals surface area contributed by atoms with E-state index >= 15 is 0 Å². The summed E-state index contributed by atoms with van der Waals surface area (Å²) in [6.07, 6.45) is 0.906. The molecule has 0 spiro atoms. The maximum Gasteiger partial charge on any atom is 0.263 e. The Kier molecular flexibility index (Phi) is 3.60. The Balaban J connectivity index is 1.68. The minimum atomic E-state index is -0.779. The molecule has 2 atom stereocenters. The molecule has 0 saturated carbocycles. The fraction of sp³-hybridized carbons (Fsp3) is 0.263. The summed E-state index contributed by atoms with van der Waals surface area (Å²) in [6, 6.07) is 13.7. The summed E-state index contributed by atoms with van der Waals surface area (Å²) in [6.45, 7) is 4.03. The smallest absolute Gasteiger partial charge is 0.263 e. The normalized spacial score (nSPS) is 22.0.